The van der Waals surface area contributed by atoms with E-state index in [0.29, 0.717) is 34.2 Å². The van der Waals surface area contributed by atoms with Crippen LogP contribution in [0.4, 0.5) is 17.5 Å². The Morgan fingerprint density at radius 3 is 2.73 bits per heavy atom. The predicted octanol–water partition coefficient (Wildman–Crippen LogP) is 3.04. The Hall–Kier alpha value is -3.16. The summed E-state index contributed by atoms with van der Waals surface area (Å²) in [5.74, 6) is 0.555. The molecule has 136 valence electrons. The van der Waals surface area contributed by atoms with Crippen molar-refractivity contribution < 1.29 is 4.79 Å². The van der Waals surface area contributed by atoms with Gasteiger partial charge in [0.05, 0.1) is 6.33 Å². The molecule has 1 aromatic carbocycles. The highest BCUT2D eigenvalue weighted by Crippen LogP contribution is 2.26. The second-order valence-corrected chi connectivity index (χ2v) is 7.30. The van der Waals surface area contributed by atoms with E-state index in [1.54, 1.807) is 24.5 Å². The van der Waals surface area contributed by atoms with Gasteiger partial charge in [-0.2, -0.15) is 9.97 Å². The van der Waals surface area contributed by atoms with E-state index >= 15 is 0 Å². The lowest BCUT2D eigenvalue weighted by Gasteiger charge is -2.28. The monoisotopic (exact) mass is 353 g/mol. The molecular weight excluding hydrogens is 330 g/mol. The van der Waals surface area contributed by atoms with Crippen LogP contribution in [0.15, 0.2) is 30.6 Å². The molecule has 0 fully saturated rings. The van der Waals surface area contributed by atoms with Gasteiger partial charge in [0, 0.05) is 17.3 Å². The van der Waals surface area contributed by atoms with Crippen LogP contribution in [0.2, 0.25) is 0 Å². The molecule has 1 atom stereocenters. The third-order valence-electron chi connectivity index (χ3n) is 4.33. The number of carbonyl (C=O) groups excluding carboxylic acids is 1. The van der Waals surface area contributed by atoms with Crippen molar-refractivity contribution in [3.05, 3.63) is 36.2 Å². The molecule has 0 radical (unpaired) electrons. The molecule has 3 aromatic rings. The summed E-state index contributed by atoms with van der Waals surface area (Å²) in [6.45, 7) is 8.57. The molecule has 0 aliphatic rings. The number of amides is 1. The molecular formula is C18H23N7O. The fourth-order valence-electron chi connectivity index (χ4n) is 2.29. The lowest BCUT2D eigenvalue weighted by atomic mass is 9.88. The van der Waals surface area contributed by atoms with Crippen molar-refractivity contribution in [3.8, 4) is 0 Å². The largest absolute Gasteiger partial charge is 0.366 e. The predicted molar refractivity (Wildman–Crippen MR) is 102 cm³/mol. The number of primary amides is 1. The van der Waals surface area contributed by atoms with Gasteiger partial charge in [-0.05, 0) is 30.5 Å². The number of aromatic amines is 1. The highest BCUT2D eigenvalue weighted by atomic mass is 16.1. The van der Waals surface area contributed by atoms with Crippen molar-refractivity contribution in [2.24, 2.45) is 11.1 Å². The number of nitrogens with two attached hydrogens (primary N) is 1. The van der Waals surface area contributed by atoms with E-state index in [-0.39, 0.29) is 11.5 Å². The number of nitrogens with one attached hydrogen (secondary N) is 3. The lowest BCUT2D eigenvalue weighted by molar-refractivity contribution is 0.100. The van der Waals surface area contributed by atoms with E-state index in [4.69, 9.17) is 5.73 Å². The Balaban J connectivity index is 1.94. The first-order valence-electron chi connectivity index (χ1n) is 8.38. The van der Waals surface area contributed by atoms with Gasteiger partial charge in [0.25, 0.3) is 0 Å². The highest BCUT2D eigenvalue weighted by molar-refractivity contribution is 5.94. The molecule has 1 amide bonds. The maximum Gasteiger partial charge on any atom is 0.248 e. The molecule has 3 rings (SSSR count). The molecule has 0 bridgehead atoms. The quantitative estimate of drug-likeness (QED) is 0.559. The summed E-state index contributed by atoms with van der Waals surface area (Å²) in [5.41, 5.74) is 7.78. The van der Waals surface area contributed by atoms with Gasteiger partial charge in [-0.3, -0.25) is 4.79 Å². The van der Waals surface area contributed by atoms with Crippen LogP contribution in [0, 0.1) is 5.41 Å². The summed E-state index contributed by atoms with van der Waals surface area (Å²) in [4.78, 5) is 27.7. The number of aromatic nitrogens is 4. The number of benzene rings is 1. The molecule has 8 nitrogen and oxygen atoms in total. The van der Waals surface area contributed by atoms with Gasteiger partial charge in [-0.25, -0.2) is 4.98 Å². The first kappa shape index (κ1) is 17.7. The first-order chi connectivity index (χ1) is 12.2. The Morgan fingerprint density at radius 1 is 1.27 bits per heavy atom. The van der Waals surface area contributed by atoms with Gasteiger partial charge in [0.2, 0.25) is 11.9 Å². The number of imidazole rings is 1. The minimum absolute atomic E-state index is 0.0526. The molecule has 0 saturated heterocycles. The van der Waals surface area contributed by atoms with E-state index in [2.05, 4.69) is 58.3 Å². The Labute approximate surface area is 151 Å². The average molecular weight is 353 g/mol. The van der Waals surface area contributed by atoms with Gasteiger partial charge >= 0.3 is 0 Å². The van der Waals surface area contributed by atoms with Crippen molar-refractivity contribution in [2.45, 2.75) is 33.7 Å². The Morgan fingerprint density at radius 2 is 2.04 bits per heavy atom. The number of hydrogen-bond donors (Lipinski definition) is 4. The van der Waals surface area contributed by atoms with Crippen LogP contribution in [-0.2, 0) is 0 Å². The van der Waals surface area contributed by atoms with Crippen molar-refractivity contribution >= 4 is 34.5 Å². The summed E-state index contributed by atoms with van der Waals surface area (Å²) in [5, 5.41) is 6.53. The molecule has 26 heavy (non-hydrogen) atoms. The molecule has 0 saturated carbocycles. The number of hydrogen-bond acceptors (Lipinski definition) is 6. The van der Waals surface area contributed by atoms with Gasteiger partial charge < -0.3 is 21.4 Å². The zero-order chi connectivity index (χ0) is 18.9. The summed E-state index contributed by atoms with van der Waals surface area (Å²) < 4.78 is 0. The van der Waals surface area contributed by atoms with Crippen molar-refractivity contribution in [1.82, 2.24) is 19.9 Å². The number of nitrogens with zero attached hydrogens (tertiary/aromatic N) is 3. The fourth-order valence-corrected chi connectivity index (χ4v) is 2.29. The van der Waals surface area contributed by atoms with E-state index in [1.165, 1.54) is 0 Å². The van der Waals surface area contributed by atoms with Crippen LogP contribution in [0.5, 0.6) is 0 Å². The van der Waals surface area contributed by atoms with E-state index in [9.17, 15) is 4.79 Å². The topological polar surface area (TPSA) is 122 Å². The molecule has 0 aliphatic carbocycles. The normalized spacial score (nSPS) is 12.8. The highest BCUT2D eigenvalue weighted by Gasteiger charge is 2.22. The number of H-pyrrole nitrogens is 1. The molecule has 0 spiro atoms. The summed E-state index contributed by atoms with van der Waals surface area (Å²) >= 11 is 0. The number of anilines is 3. The molecule has 2 heterocycles. The third kappa shape index (κ3) is 3.74. The summed E-state index contributed by atoms with van der Waals surface area (Å²) in [7, 11) is 0. The third-order valence-corrected chi connectivity index (χ3v) is 4.33. The van der Waals surface area contributed by atoms with Crippen LogP contribution >= 0.6 is 0 Å². The van der Waals surface area contributed by atoms with Crippen molar-refractivity contribution in [2.75, 3.05) is 10.6 Å². The number of fused-ring (bicyclic) bond motifs is 1. The van der Waals surface area contributed by atoms with Crippen molar-refractivity contribution in [1.29, 1.82) is 0 Å². The van der Waals surface area contributed by atoms with Crippen LogP contribution < -0.4 is 16.4 Å². The molecule has 5 N–H and O–H groups in total. The maximum absolute atomic E-state index is 11.4. The standard InChI is InChI=1S/C18H23N7O/c1-10(18(2,3)4)22-16-13-15(21-9-20-13)24-17(25-16)23-12-7-5-6-11(8-12)14(19)26/h5-10H,1-4H3,(H2,19,26)(H3,20,21,22,23,24,25)/t10-/m1/s1. The van der Waals surface area contributed by atoms with Crippen LogP contribution in [0.1, 0.15) is 38.1 Å². The number of rotatable bonds is 5. The number of carbonyl (C=O) groups is 1. The second-order valence-electron chi connectivity index (χ2n) is 7.30. The van der Waals surface area contributed by atoms with Gasteiger partial charge in [-0.1, -0.05) is 26.8 Å². The Bertz CT molecular complexity index is 942. The smallest absolute Gasteiger partial charge is 0.248 e. The molecule has 2 aromatic heterocycles. The zero-order valence-corrected chi connectivity index (χ0v) is 15.3. The van der Waals surface area contributed by atoms with Gasteiger partial charge in [0.1, 0.15) is 5.52 Å². The first-order valence-corrected chi connectivity index (χ1v) is 8.38. The van der Waals surface area contributed by atoms with E-state index < -0.39 is 5.91 Å². The van der Waals surface area contributed by atoms with Gasteiger partial charge in [-0.15, -0.1) is 0 Å². The van der Waals surface area contributed by atoms with Crippen molar-refractivity contribution in [3.63, 3.8) is 0 Å². The SMILES string of the molecule is C[C@@H](Nc1nc(Nc2cccc(C(N)=O)c2)nc2[nH]cnc12)C(C)(C)C. The minimum atomic E-state index is -0.486. The van der Waals surface area contributed by atoms with Crippen LogP contribution in [0.25, 0.3) is 11.2 Å². The van der Waals surface area contributed by atoms with Crippen LogP contribution in [0.3, 0.4) is 0 Å². The maximum atomic E-state index is 11.4. The molecule has 8 heteroatoms. The summed E-state index contributed by atoms with van der Waals surface area (Å²) in [6, 6.07) is 7.05. The zero-order valence-electron chi connectivity index (χ0n) is 15.3. The average Bonchev–Trinajstić information content (AvgIpc) is 3.03. The Kier molecular flexibility index (Phi) is 4.50. The summed E-state index contributed by atoms with van der Waals surface area (Å²) in [6.07, 6.45) is 1.59. The van der Waals surface area contributed by atoms with E-state index in [1.807, 2.05) is 6.07 Å². The molecule has 0 unspecified atom stereocenters. The van der Waals surface area contributed by atoms with Crippen LogP contribution in [-0.4, -0.2) is 31.9 Å². The van der Waals surface area contributed by atoms with E-state index in [0.717, 1.165) is 0 Å². The minimum Gasteiger partial charge on any atom is -0.366 e. The van der Waals surface area contributed by atoms with Gasteiger partial charge in [0.15, 0.2) is 11.5 Å². The fraction of sp³-hybridized carbons (Fsp3) is 0.333. The second kappa shape index (κ2) is 6.62. The molecule has 0 aliphatic heterocycles. The lowest BCUT2D eigenvalue weighted by Crippen LogP contribution is -2.31.